The molecule has 2 amide bonds. The second-order valence-corrected chi connectivity index (χ2v) is 5.35. The Hall–Kier alpha value is -0.710. The van der Waals surface area contributed by atoms with Gasteiger partial charge in [-0.3, -0.25) is 4.79 Å². The SMILES string of the molecule is CC(=O)SCCN1CC(C)(C)NC1=O. The van der Waals surface area contributed by atoms with Crippen molar-refractivity contribution >= 4 is 22.9 Å². The number of carbonyl (C=O) groups excluding carboxylic acids is 2. The van der Waals surface area contributed by atoms with E-state index in [9.17, 15) is 9.59 Å². The van der Waals surface area contributed by atoms with Crippen molar-refractivity contribution in [2.24, 2.45) is 0 Å². The molecular weight excluding hydrogens is 200 g/mol. The van der Waals surface area contributed by atoms with Crippen LogP contribution in [0.4, 0.5) is 4.79 Å². The Kier molecular flexibility index (Phi) is 3.42. The summed E-state index contributed by atoms with van der Waals surface area (Å²) >= 11 is 1.26. The summed E-state index contributed by atoms with van der Waals surface area (Å²) in [5.41, 5.74) is -0.141. The van der Waals surface area contributed by atoms with Crippen LogP contribution < -0.4 is 5.32 Å². The van der Waals surface area contributed by atoms with E-state index in [-0.39, 0.29) is 16.7 Å². The minimum absolute atomic E-state index is 0.0286. The summed E-state index contributed by atoms with van der Waals surface area (Å²) in [4.78, 5) is 23.8. The van der Waals surface area contributed by atoms with Crippen LogP contribution in [0.25, 0.3) is 0 Å². The molecule has 0 saturated carbocycles. The fourth-order valence-corrected chi connectivity index (χ4v) is 2.04. The zero-order valence-corrected chi connectivity index (χ0v) is 9.61. The molecular formula is C9H16N2O2S. The number of carbonyl (C=O) groups is 2. The Labute approximate surface area is 88.4 Å². The first-order chi connectivity index (χ1) is 6.41. The van der Waals surface area contributed by atoms with Crippen molar-refractivity contribution in [2.45, 2.75) is 26.3 Å². The molecule has 1 fully saturated rings. The van der Waals surface area contributed by atoms with Crippen LogP contribution in [0.2, 0.25) is 0 Å². The quantitative estimate of drug-likeness (QED) is 0.767. The Morgan fingerprint density at radius 2 is 2.29 bits per heavy atom. The van der Waals surface area contributed by atoms with Crippen molar-refractivity contribution in [3.05, 3.63) is 0 Å². The first-order valence-corrected chi connectivity index (χ1v) is 5.60. The van der Waals surface area contributed by atoms with E-state index in [0.717, 1.165) is 0 Å². The zero-order valence-electron chi connectivity index (χ0n) is 8.79. The maximum absolute atomic E-state index is 11.4. The largest absolute Gasteiger partial charge is 0.331 e. The van der Waals surface area contributed by atoms with Crippen LogP contribution in [0.3, 0.4) is 0 Å². The smallest absolute Gasteiger partial charge is 0.317 e. The highest BCUT2D eigenvalue weighted by atomic mass is 32.2. The van der Waals surface area contributed by atoms with Gasteiger partial charge in [0.1, 0.15) is 0 Å². The van der Waals surface area contributed by atoms with Gasteiger partial charge < -0.3 is 10.2 Å². The van der Waals surface area contributed by atoms with Gasteiger partial charge in [-0.2, -0.15) is 0 Å². The summed E-state index contributed by atoms with van der Waals surface area (Å²) in [6.45, 7) is 6.87. The van der Waals surface area contributed by atoms with Crippen molar-refractivity contribution in [3.8, 4) is 0 Å². The van der Waals surface area contributed by atoms with Crippen LogP contribution in [0, 0.1) is 0 Å². The molecule has 5 heteroatoms. The highest BCUT2D eigenvalue weighted by Crippen LogP contribution is 2.14. The van der Waals surface area contributed by atoms with Crippen molar-refractivity contribution in [2.75, 3.05) is 18.8 Å². The molecule has 1 N–H and O–H groups in total. The summed E-state index contributed by atoms with van der Waals surface area (Å²) in [6.07, 6.45) is 0. The molecule has 0 bridgehead atoms. The number of urea groups is 1. The van der Waals surface area contributed by atoms with E-state index < -0.39 is 0 Å². The normalized spacial score (nSPS) is 19.6. The Bertz CT molecular complexity index is 253. The first kappa shape index (κ1) is 11.4. The topological polar surface area (TPSA) is 49.4 Å². The maximum atomic E-state index is 11.4. The highest BCUT2D eigenvalue weighted by Gasteiger charge is 2.34. The third-order valence-corrected chi connectivity index (χ3v) is 2.78. The van der Waals surface area contributed by atoms with Crippen LogP contribution in [-0.2, 0) is 4.79 Å². The van der Waals surface area contributed by atoms with E-state index in [4.69, 9.17) is 0 Å². The molecule has 0 aromatic heterocycles. The van der Waals surface area contributed by atoms with Crippen molar-refractivity contribution in [1.82, 2.24) is 10.2 Å². The minimum Gasteiger partial charge on any atom is -0.331 e. The molecule has 0 spiro atoms. The standard InChI is InChI=1S/C9H16N2O2S/c1-7(12)14-5-4-11-6-9(2,3)10-8(11)13/h4-6H2,1-3H3,(H,10,13). The lowest BCUT2D eigenvalue weighted by Gasteiger charge is -2.17. The number of nitrogens with zero attached hydrogens (tertiary/aromatic N) is 1. The number of thioether (sulfide) groups is 1. The van der Waals surface area contributed by atoms with Crippen LogP contribution in [-0.4, -0.2) is 40.4 Å². The molecule has 80 valence electrons. The molecule has 1 heterocycles. The van der Waals surface area contributed by atoms with E-state index in [1.165, 1.54) is 11.8 Å². The van der Waals surface area contributed by atoms with E-state index in [1.54, 1.807) is 11.8 Å². The fraction of sp³-hybridized carbons (Fsp3) is 0.778. The molecule has 0 aliphatic carbocycles. The first-order valence-electron chi connectivity index (χ1n) is 4.61. The maximum Gasteiger partial charge on any atom is 0.317 e. The summed E-state index contributed by atoms with van der Waals surface area (Å²) in [5, 5.41) is 2.97. The number of rotatable bonds is 3. The average molecular weight is 216 g/mol. The monoisotopic (exact) mass is 216 g/mol. The molecule has 0 unspecified atom stereocenters. The fourth-order valence-electron chi connectivity index (χ4n) is 1.44. The van der Waals surface area contributed by atoms with Gasteiger partial charge >= 0.3 is 6.03 Å². The average Bonchev–Trinajstić information content (AvgIpc) is 2.24. The molecule has 1 rings (SSSR count). The van der Waals surface area contributed by atoms with Gasteiger partial charge in [0.2, 0.25) is 0 Å². The van der Waals surface area contributed by atoms with Gasteiger partial charge in [-0.05, 0) is 13.8 Å². The van der Waals surface area contributed by atoms with E-state index in [2.05, 4.69) is 5.32 Å². The molecule has 0 aromatic rings. The molecule has 1 saturated heterocycles. The summed E-state index contributed by atoms with van der Waals surface area (Å²) in [6, 6.07) is -0.0286. The highest BCUT2D eigenvalue weighted by molar-refractivity contribution is 8.13. The van der Waals surface area contributed by atoms with Gasteiger partial charge in [0.05, 0.1) is 5.54 Å². The van der Waals surface area contributed by atoms with Crippen LogP contribution in [0.1, 0.15) is 20.8 Å². The number of hydrogen-bond acceptors (Lipinski definition) is 3. The van der Waals surface area contributed by atoms with Crippen molar-refractivity contribution in [3.63, 3.8) is 0 Å². The van der Waals surface area contributed by atoms with E-state index in [1.807, 2.05) is 13.8 Å². The summed E-state index contributed by atoms with van der Waals surface area (Å²) in [7, 11) is 0. The molecule has 1 aliphatic rings. The molecule has 0 radical (unpaired) electrons. The Morgan fingerprint density at radius 1 is 1.64 bits per heavy atom. The third kappa shape index (κ3) is 3.21. The lowest BCUT2D eigenvalue weighted by Crippen LogP contribution is -2.36. The lowest BCUT2D eigenvalue weighted by atomic mass is 10.1. The molecule has 4 nitrogen and oxygen atoms in total. The third-order valence-electron chi connectivity index (χ3n) is 1.99. The molecule has 1 aliphatic heterocycles. The Balaban J connectivity index is 2.32. The second kappa shape index (κ2) is 4.21. The van der Waals surface area contributed by atoms with Gasteiger partial charge in [0.15, 0.2) is 5.12 Å². The molecule has 14 heavy (non-hydrogen) atoms. The Morgan fingerprint density at radius 3 is 2.71 bits per heavy atom. The summed E-state index contributed by atoms with van der Waals surface area (Å²) < 4.78 is 0. The van der Waals surface area contributed by atoms with Gasteiger partial charge in [0.25, 0.3) is 0 Å². The zero-order chi connectivity index (χ0) is 10.8. The molecule has 0 atom stereocenters. The number of hydrogen-bond donors (Lipinski definition) is 1. The van der Waals surface area contributed by atoms with Crippen LogP contribution >= 0.6 is 11.8 Å². The van der Waals surface area contributed by atoms with Crippen LogP contribution in [0.15, 0.2) is 0 Å². The predicted molar refractivity (Wildman–Crippen MR) is 57.3 cm³/mol. The van der Waals surface area contributed by atoms with Gasteiger partial charge in [-0.15, -0.1) is 0 Å². The molecule has 0 aromatic carbocycles. The number of nitrogens with one attached hydrogen (secondary N) is 1. The lowest BCUT2D eigenvalue weighted by molar-refractivity contribution is -0.109. The van der Waals surface area contributed by atoms with Crippen molar-refractivity contribution in [1.29, 1.82) is 0 Å². The predicted octanol–water partition coefficient (Wildman–Crippen LogP) is 1.07. The van der Waals surface area contributed by atoms with E-state index >= 15 is 0 Å². The van der Waals surface area contributed by atoms with E-state index in [0.29, 0.717) is 18.8 Å². The van der Waals surface area contributed by atoms with Gasteiger partial charge in [0, 0.05) is 25.8 Å². The summed E-state index contributed by atoms with van der Waals surface area (Å²) in [5.74, 6) is 0.679. The number of amides is 2. The minimum atomic E-state index is -0.141. The second-order valence-electron chi connectivity index (χ2n) is 4.08. The van der Waals surface area contributed by atoms with Crippen LogP contribution in [0.5, 0.6) is 0 Å². The van der Waals surface area contributed by atoms with Gasteiger partial charge in [-0.1, -0.05) is 11.8 Å². The van der Waals surface area contributed by atoms with Crippen molar-refractivity contribution < 1.29 is 9.59 Å². The van der Waals surface area contributed by atoms with Gasteiger partial charge in [-0.25, -0.2) is 4.79 Å².